The van der Waals surface area contributed by atoms with Crippen LogP contribution in [0, 0.1) is 0 Å². The molecule has 1 N–H and O–H groups in total. The Balaban J connectivity index is 1.49. The van der Waals surface area contributed by atoms with E-state index in [1.807, 2.05) is 30.3 Å². The number of halogens is 4. The molecule has 1 aliphatic rings. The monoisotopic (exact) mass is 679 g/mol. The molecule has 0 bridgehead atoms. The van der Waals surface area contributed by atoms with E-state index in [9.17, 15) is 27.6 Å². The zero-order chi connectivity index (χ0) is 32.0. The van der Waals surface area contributed by atoms with Crippen molar-refractivity contribution in [2.24, 2.45) is 0 Å². The standard InChI is InChI=1S/C31H25BrF3N7O3/c1-17-10-21-25(16-40(17)29(44)19-8-9-23(32)22(12-19)31(33,34)35)42-28(20(13-39-42)11-18-6-4-3-5-7-18)41(30(21)45)26-15-37-24(14-38-26)27(43)36-2/h3-9,12-15,17H,10-11,16H2,1-2H3,(H,36,43). The number of fused-ring (bicyclic) bond motifs is 3. The fourth-order valence-corrected chi connectivity index (χ4v) is 6.00. The van der Waals surface area contributed by atoms with Crippen molar-refractivity contribution in [3.8, 4) is 5.82 Å². The third kappa shape index (κ3) is 5.50. The molecule has 2 aromatic carbocycles. The number of benzene rings is 2. The normalized spacial score (nSPS) is 14.8. The van der Waals surface area contributed by atoms with Crippen LogP contribution in [0.3, 0.4) is 0 Å². The first kappa shape index (κ1) is 30.2. The fourth-order valence-electron chi connectivity index (χ4n) is 5.53. The lowest BCUT2D eigenvalue weighted by atomic mass is 9.98. The van der Waals surface area contributed by atoms with Crippen LogP contribution >= 0.6 is 15.9 Å². The molecule has 1 unspecified atom stereocenters. The number of nitrogens with zero attached hydrogens (tertiary/aromatic N) is 6. The van der Waals surface area contributed by atoms with Gasteiger partial charge in [0.05, 0.1) is 36.4 Å². The van der Waals surface area contributed by atoms with E-state index in [0.717, 1.165) is 11.6 Å². The molecule has 0 spiro atoms. The van der Waals surface area contributed by atoms with Crippen LogP contribution in [0.2, 0.25) is 0 Å². The average molecular weight is 680 g/mol. The smallest absolute Gasteiger partial charge is 0.354 e. The third-order valence-corrected chi connectivity index (χ3v) is 8.48. The molecule has 10 nitrogen and oxygen atoms in total. The van der Waals surface area contributed by atoms with Gasteiger partial charge in [0.2, 0.25) is 0 Å². The quantitative estimate of drug-likeness (QED) is 0.291. The van der Waals surface area contributed by atoms with Crippen molar-refractivity contribution >= 4 is 33.4 Å². The van der Waals surface area contributed by atoms with Crippen LogP contribution in [0.25, 0.3) is 11.5 Å². The summed E-state index contributed by atoms with van der Waals surface area (Å²) in [6, 6.07) is 12.4. The predicted molar refractivity (Wildman–Crippen MR) is 161 cm³/mol. The highest BCUT2D eigenvalue weighted by molar-refractivity contribution is 9.10. The number of hydrogen-bond acceptors (Lipinski definition) is 6. The lowest BCUT2D eigenvalue weighted by Crippen LogP contribution is -2.46. The largest absolute Gasteiger partial charge is 0.417 e. The minimum Gasteiger partial charge on any atom is -0.354 e. The zero-order valence-electron chi connectivity index (χ0n) is 24.0. The van der Waals surface area contributed by atoms with Gasteiger partial charge >= 0.3 is 6.18 Å². The molecule has 0 aliphatic carbocycles. The number of carbonyl (C=O) groups is 2. The highest BCUT2D eigenvalue weighted by Crippen LogP contribution is 2.36. The molecule has 230 valence electrons. The van der Waals surface area contributed by atoms with Crippen LogP contribution in [0.15, 0.2) is 76.4 Å². The van der Waals surface area contributed by atoms with Crippen molar-refractivity contribution in [1.82, 2.24) is 34.4 Å². The molecule has 0 fully saturated rings. The minimum atomic E-state index is -4.65. The minimum absolute atomic E-state index is 0.0624. The van der Waals surface area contributed by atoms with Gasteiger partial charge in [0.15, 0.2) is 5.82 Å². The molecule has 5 aromatic rings. The Bertz CT molecular complexity index is 2010. The maximum absolute atomic E-state index is 14.2. The van der Waals surface area contributed by atoms with E-state index >= 15 is 0 Å². The molecule has 0 saturated heterocycles. The molecular formula is C31H25BrF3N7O3. The fraction of sp³-hybridized carbons (Fsp3) is 0.226. The van der Waals surface area contributed by atoms with E-state index in [1.54, 1.807) is 17.6 Å². The van der Waals surface area contributed by atoms with Crippen molar-refractivity contribution in [2.75, 3.05) is 7.05 Å². The van der Waals surface area contributed by atoms with Crippen LogP contribution in [-0.2, 0) is 25.6 Å². The summed E-state index contributed by atoms with van der Waals surface area (Å²) in [6.07, 6.45) is 0.143. The maximum atomic E-state index is 14.2. The first-order valence-electron chi connectivity index (χ1n) is 13.9. The van der Waals surface area contributed by atoms with Crippen molar-refractivity contribution in [1.29, 1.82) is 0 Å². The summed E-state index contributed by atoms with van der Waals surface area (Å²) in [6.45, 7) is 1.67. The highest BCUT2D eigenvalue weighted by atomic mass is 79.9. The second kappa shape index (κ2) is 11.6. The van der Waals surface area contributed by atoms with Gasteiger partial charge in [-0.2, -0.15) is 18.3 Å². The summed E-state index contributed by atoms with van der Waals surface area (Å²) < 4.78 is 43.6. The molecule has 4 heterocycles. The van der Waals surface area contributed by atoms with Crippen LogP contribution < -0.4 is 10.9 Å². The predicted octanol–water partition coefficient (Wildman–Crippen LogP) is 4.59. The van der Waals surface area contributed by atoms with Gasteiger partial charge in [-0.15, -0.1) is 0 Å². The van der Waals surface area contributed by atoms with Crippen molar-refractivity contribution in [3.63, 3.8) is 0 Å². The number of nitrogens with one attached hydrogen (secondary N) is 1. The zero-order valence-corrected chi connectivity index (χ0v) is 25.6. The Morgan fingerprint density at radius 1 is 1.07 bits per heavy atom. The second-order valence-electron chi connectivity index (χ2n) is 10.7. The Hall–Kier alpha value is -4.85. The van der Waals surface area contributed by atoms with Gasteiger partial charge < -0.3 is 10.2 Å². The number of hydrogen-bond donors (Lipinski definition) is 1. The number of alkyl halides is 3. The van der Waals surface area contributed by atoms with Crippen LogP contribution in [0.5, 0.6) is 0 Å². The molecule has 1 atom stereocenters. The average Bonchev–Trinajstić information content (AvgIpc) is 3.43. The topological polar surface area (TPSA) is 114 Å². The van der Waals surface area contributed by atoms with Gasteiger partial charge in [-0.25, -0.2) is 19.1 Å². The van der Waals surface area contributed by atoms with E-state index in [2.05, 4.69) is 36.3 Å². The van der Waals surface area contributed by atoms with Crippen LogP contribution in [-0.4, -0.2) is 54.0 Å². The Morgan fingerprint density at radius 2 is 1.82 bits per heavy atom. The molecule has 3 aromatic heterocycles. The van der Waals surface area contributed by atoms with Crippen molar-refractivity contribution in [2.45, 2.75) is 38.5 Å². The Kier molecular flexibility index (Phi) is 7.77. The van der Waals surface area contributed by atoms with Crippen molar-refractivity contribution in [3.05, 3.63) is 121 Å². The van der Waals surface area contributed by atoms with E-state index in [4.69, 9.17) is 0 Å². The molecule has 2 amide bonds. The molecule has 1 aliphatic heterocycles. The van der Waals surface area contributed by atoms with Gasteiger partial charge in [-0.3, -0.25) is 14.4 Å². The van der Waals surface area contributed by atoms with Gasteiger partial charge in [0, 0.05) is 40.7 Å². The first-order valence-corrected chi connectivity index (χ1v) is 14.7. The summed E-state index contributed by atoms with van der Waals surface area (Å²) in [5.41, 5.74) is 1.49. The summed E-state index contributed by atoms with van der Waals surface area (Å²) in [4.78, 5) is 50.0. The SMILES string of the molecule is CNC(=O)c1cnc(-n2c(=O)c3c(n4ncc(Cc5ccccc5)c24)CN(C(=O)c2ccc(Br)c(C(F)(F)F)c2)C(C)C3)cn1. The van der Waals surface area contributed by atoms with Crippen molar-refractivity contribution < 1.29 is 22.8 Å². The number of aromatic nitrogens is 5. The lowest BCUT2D eigenvalue weighted by molar-refractivity contribution is -0.138. The number of amides is 2. The molecular weight excluding hydrogens is 655 g/mol. The number of rotatable bonds is 5. The van der Waals surface area contributed by atoms with E-state index < -0.39 is 35.2 Å². The van der Waals surface area contributed by atoms with Gasteiger partial charge in [-0.1, -0.05) is 46.3 Å². The summed E-state index contributed by atoms with van der Waals surface area (Å²) in [5, 5.41) is 7.10. The van der Waals surface area contributed by atoms with Gasteiger partial charge in [0.25, 0.3) is 17.4 Å². The maximum Gasteiger partial charge on any atom is 0.417 e. The molecule has 6 rings (SSSR count). The van der Waals surface area contributed by atoms with Gasteiger partial charge in [-0.05, 0) is 37.1 Å². The van der Waals surface area contributed by atoms with E-state index in [0.29, 0.717) is 28.9 Å². The van der Waals surface area contributed by atoms with E-state index in [1.165, 1.54) is 41.0 Å². The third-order valence-electron chi connectivity index (χ3n) is 7.79. The van der Waals surface area contributed by atoms with Gasteiger partial charge in [0.1, 0.15) is 11.3 Å². The van der Waals surface area contributed by atoms with Crippen LogP contribution in [0.1, 0.15) is 55.7 Å². The lowest BCUT2D eigenvalue weighted by Gasteiger charge is -2.35. The first-order chi connectivity index (χ1) is 21.5. The van der Waals surface area contributed by atoms with Crippen LogP contribution in [0.4, 0.5) is 13.2 Å². The summed E-state index contributed by atoms with van der Waals surface area (Å²) >= 11 is 2.92. The second-order valence-corrected chi connectivity index (χ2v) is 11.5. The Labute approximate surface area is 262 Å². The summed E-state index contributed by atoms with van der Waals surface area (Å²) in [7, 11) is 1.47. The summed E-state index contributed by atoms with van der Waals surface area (Å²) in [5.74, 6) is -0.857. The number of carbonyl (C=O) groups excluding carboxylic acids is 2. The molecule has 14 heteroatoms. The Morgan fingerprint density at radius 3 is 2.49 bits per heavy atom. The molecule has 45 heavy (non-hydrogen) atoms. The highest BCUT2D eigenvalue weighted by Gasteiger charge is 2.36. The molecule has 0 radical (unpaired) electrons. The van der Waals surface area contributed by atoms with E-state index in [-0.39, 0.29) is 34.5 Å². The molecule has 0 saturated carbocycles.